The molecule has 0 radical (unpaired) electrons. The van der Waals surface area contributed by atoms with Crippen molar-refractivity contribution in [2.45, 2.75) is 6.10 Å². The average Bonchev–Trinajstić information content (AvgIpc) is 2.53. The fourth-order valence-electron chi connectivity index (χ4n) is 2.20. The minimum atomic E-state index is -0.971. The molecule has 0 aromatic heterocycles. The van der Waals surface area contributed by atoms with Crippen LogP contribution in [-0.2, 0) is 9.53 Å². The van der Waals surface area contributed by atoms with E-state index in [1.54, 1.807) is 14.2 Å². The highest BCUT2D eigenvalue weighted by Crippen LogP contribution is 2.19. The van der Waals surface area contributed by atoms with Crippen molar-refractivity contribution in [1.29, 1.82) is 0 Å². The number of aliphatic imine (C=N–C) groups is 2. The number of methoxy groups -OCH3 is 2. The van der Waals surface area contributed by atoms with Crippen LogP contribution in [0.25, 0.3) is 0 Å². The third-order valence-electron chi connectivity index (χ3n) is 3.22. The predicted molar refractivity (Wildman–Crippen MR) is 83.7 cm³/mol. The van der Waals surface area contributed by atoms with Gasteiger partial charge in [-0.3, -0.25) is 14.8 Å². The fraction of sp³-hybridized carbons (Fsp3) is 0.400. The summed E-state index contributed by atoms with van der Waals surface area (Å²) in [7, 11) is 3.17. The van der Waals surface area contributed by atoms with Gasteiger partial charge >= 0.3 is 5.97 Å². The minimum Gasteiger partial charge on any atom is -0.497 e. The number of aliphatic carboxylic acids is 1. The highest BCUT2D eigenvalue weighted by Gasteiger charge is 2.26. The Morgan fingerprint density at radius 3 is 2.55 bits per heavy atom. The summed E-state index contributed by atoms with van der Waals surface area (Å²) in [6.45, 7) is 0.788. The molecule has 2 rings (SSSR count). The van der Waals surface area contributed by atoms with E-state index in [-0.39, 0.29) is 6.54 Å². The van der Waals surface area contributed by atoms with E-state index >= 15 is 0 Å². The minimum absolute atomic E-state index is 0.271. The van der Waals surface area contributed by atoms with E-state index < -0.39 is 12.1 Å². The SMILES string of the molecule is COc1ccc(N=C2CNCC(=NCC(=O)O)C2OC)cc1. The van der Waals surface area contributed by atoms with E-state index in [0.29, 0.717) is 18.8 Å². The molecule has 118 valence electrons. The van der Waals surface area contributed by atoms with Gasteiger partial charge in [-0.2, -0.15) is 0 Å². The molecule has 0 amide bonds. The maximum atomic E-state index is 10.7. The Balaban J connectivity index is 2.21. The maximum absolute atomic E-state index is 10.7. The molecule has 1 aliphatic rings. The summed E-state index contributed by atoms with van der Waals surface area (Å²) in [4.78, 5) is 19.3. The number of piperidine rings is 1. The Kier molecular flexibility index (Phi) is 5.62. The van der Waals surface area contributed by atoms with E-state index in [1.807, 2.05) is 24.3 Å². The van der Waals surface area contributed by atoms with Crippen molar-refractivity contribution in [3.05, 3.63) is 24.3 Å². The summed E-state index contributed by atoms with van der Waals surface area (Å²) in [5.74, 6) is -0.209. The molecule has 0 bridgehead atoms. The van der Waals surface area contributed by atoms with Gasteiger partial charge in [-0.05, 0) is 24.3 Å². The summed E-state index contributed by atoms with van der Waals surface area (Å²) < 4.78 is 10.6. The van der Waals surface area contributed by atoms with Crippen LogP contribution in [0.2, 0.25) is 0 Å². The number of nitrogens with zero attached hydrogens (tertiary/aromatic N) is 2. The van der Waals surface area contributed by atoms with Crippen LogP contribution in [0.3, 0.4) is 0 Å². The molecule has 1 atom stereocenters. The second-order valence-electron chi connectivity index (χ2n) is 4.72. The van der Waals surface area contributed by atoms with Gasteiger partial charge < -0.3 is 19.9 Å². The van der Waals surface area contributed by atoms with Gasteiger partial charge in [-0.15, -0.1) is 0 Å². The Bertz CT molecular complexity index is 581. The van der Waals surface area contributed by atoms with Gasteiger partial charge in [-0.25, -0.2) is 0 Å². The largest absolute Gasteiger partial charge is 0.497 e. The van der Waals surface area contributed by atoms with E-state index in [9.17, 15) is 4.79 Å². The molecule has 1 saturated heterocycles. The quantitative estimate of drug-likeness (QED) is 0.843. The molecular weight excluding hydrogens is 286 g/mol. The number of carboxylic acids is 1. The van der Waals surface area contributed by atoms with Gasteiger partial charge in [0.1, 0.15) is 18.4 Å². The number of benzene rings is 1. The van der Waals surface area contributed by atoms with Gasteiger partial charge in [0.05, 0.1) is 24.2 Å². The summed E-state index contributed by atoms with van der Waals surface area (Å²) in [6.07, 6.45) is -0.400. The molecule has 1 aromatic rings. The molecule has 0 aliphatic carbocycles. The molecular formula is C15H19N3O4. The lowest BCUT2D eigenvalue weighted by Gasteiger charge is -2.26. The van der Waals surface area contributed by atoms with Gasteiger partial charge in [0.15, 0.2) is 0 Å². The zero-order chi connectivity index (χ0) is 15.9. The molecule has 1 fully saturated rings. The van der Waals surface area contributed by atoms with Crippen LogP contribution in [0.15, 0.2) is 34.3 Å². The van der Waals surface area contributed by atoms with Crippen molar-refractivity contribution >= 4 is 23.1 Å². The normalized spacial score (nSPS) is 22.0. The monoisotopic (exact) mass is 305 g/mol. The van der Waals surface area contributed by atoms with Crippen LogP contribution in [0, 0.1) is 0 Å². The Hall–Kier alpha value is -2.25. The van der Waals surface area contributed by atoms with Crippen LogP contribution in [0.4, 0.5) is 5.69 Å². The van der Waals surface area contributed by atoms with Crippen molar-refractivity contribution in [3.8, 4) is 5.75 Å². The predicted octanol–water partition coefficient (Wildman–Crippen LogP) is 0.911. The zero-order valence-electron chi connectivity index (χ0n) is 12.6. The summed E-state index contributed by atoms with van der Waals surface area (Å²) in [5.41, 5.74) is 2.19. The van der Waals surface area contributed by atoms with Crippen LogP contribution >= 0.6 is 0 Å². The number of rotatable bonds is 5. The van der Waals surface area contributed by atoms with Gasteiger partial charge in [-0.1, -0.05) is 0 Å². The molecule has 1 heterocycles. The third-order valence-corrected chi connectivity index (χ3v) is 3.22. The van der Waals surface area contributed by atoms with E-state index in [2.05, 4.69) is 15.3 Å². The molecule has 1 unspecified atom stereocenters. The van der Waals surface area contributed by atoms with Crippen molar-refractivity contribution in [1.82, 2.24) is 5.32 Å². The second kappa shape index (κ2) is 7.67. The van der Waals surface area contributed by atoms with Crippen molar-refractivity contribution in [2.24, 2.45) is 9.98 Å². The first kappa shape index (κ1) is 16.1. The first-order chi connectivity index (χ1) is 10.6. The standard InChI is InChI=1S/C15H19N3O4/c1-21-11-5-3-10(4-6-11)18-13-8-16-7-12(15(13)22-2)17-9-14(19)20/h3-6,15-16H,7-9H2,1-2H3,(H,19,20). The van der Waals surface area contributed by atoms with Gasteiger partial charge in [0.2, 0.25) is 0 Å². The number of ether oxygens (including phenoxy) is 2. The fourth-order valence-corrected chi connectivity index (χ4v) is 2.20. The smallest absolute Gasteiger partial charge is 0.325 e. The Morgan fingerprint density at radius 1 is 1.27 bits per heavy atom. The highest BCUT2D eigenvalue weighted by atomic mass is 16.5. The number of hydrogen-bond acceptors (Lipinski definition) is 6. The lowest BCUT2D eigenvalue weighted by atomic mass is 10.0. The van der Waals surface area contributed by atoms with Crippen LogP contribution in [0.5, 0.6) is 5.75 Å². The molecule has 7 nitrogen and oxygen atoms in total. The van der Waals surface area contributed by atoms with E-state index in [0.717, 1.165) is 17.1 Å². The molecule has 1 aliphatic heterocycles. The lowest BCUT2D eigenvalue weighted by Crippen LogP contribution is -2.49. The maximum Gasteiger partial charge on any atom is 0.325 e. The van der Waals surface area contributed by atoms with E-state index in [1.165, 1.54) is 0 Å². The average molecular weight is 305 g/mol. The zero-order valence-corrected chi connectivity index (χ0v) is 12.6. The molecule has 22 heavy (non-hydrogen) atoms. The van der Waals surface area contributed by atoms with Gasteiger partial charge in [0.25, 0.3) is 0 Å². The summed E-state index contributed by atoms with van der Waals surface area (Å²) in [5, 5.41) is 11.9. The first-order valence-electron chi connectivity index (χ1n) is 6.84. The van der Waals surface area contributed by atoms with E-state index in [4.69, 9.17) is 14.6 Å². The first-order valence-corrected chi connectivity index (χ1v) is 6.84. The molecule has 1 aromatic carbocycles. The molecule has 0 saturated carbocycles. The topological polar surface area (TPSA) is 92.5 Å². The van der Waals surface area contributed by atoms with Crippen LogP contribution in [-0.4, -0.2) is 62.5 Å². The Labute approximate surface area is 128 Å². The molecule has 7 heteroatoms. The molecule has 0 spiro atoms. The number of carboxylic acid groups (broad SMARTS) is 1. The van der Waals surface area contributed by atoms with Crippen LogP contribution in [0.1, 0.15) is 0 Å². The summed E-state index contributed by atoms with van der Waals surface area (Å²) in [6, 6.07) is 7.36. The summed E-state index contributed by atoms with van der Waals surface area (Å²) >= 11 is 0. The van der Waals surface area contributed by atoms with Crippen molar-refractivity contribution in [3.63, 3.8) is 0 Å². The highest BCUT2D eigenvalue weighted by molar-refractivity contribution is 6.14. The number of nitrogens with one attached hydrogen (secondary N) is 1. The third kappa shape index (κ3) is 4.12. The Morgan fingerprint density at radius 2 is 1.95 bits per heavy atom. The van der Waals surface area contributed by atoms with Crippen molar-refractivity contribution in [2.75, 3.05) is 33.9 Å². The number of carbonyl (C=O) groups is 1. The lowest BCUT2D eigenvalue weighted by molar-refractivity contribution is -0.135. The number of hydrogen-bond donors (Lipinski definition) is 2. The van der Waals surface area contributed by atoms with Crippen molar-refractivity contribution < 1.29 is 19.4 Å². The molecule has 2 N–H and O–H groups in total. The second-order valence-corrected chi connectivity index (χ2v) is 4.72. The van der Waals surface area contributed by atoms with Gasteiger partial charge in [0, 0.05) is 20.2 Å². The van der Waals surface area contributed by atoms with Crippen LogP contribution < -0.4 is 10.1 Å².